The van der Waals surface area contributed by atoms with E-state index in [4.69, 9.17) is 33.9 Å². The van der Waals surface area contributed by atoms with Crippen LogP contribution in [0.4, 0.5) is 0 Å². The maximum Gasteiger partial charge on any atom is 0.262 e. The van der Waals surface area contributed by atoms with Gasteiger partial charge in [-0.15, -0.1) is 0 Å². The molecule has 1 N–H and O–H groups in total. The zero-order chi connectivity index (χ0) is 16.4. The van der Waals surface area contributed by atoms with Crippen molar-refractivity contribution in [1.82, 2.24) is 5.32 Å². The van der Waals surface area contributed by atoms with Crippen molar-refractivity contribution < 1.29 is 13.2 Å². The minimum Gasteiger partial charge on any atom is -0.347 e. The molecular weight excluding hydrogens is 357 g/mol. The van der Waals surface area contributed by atoms with E-state index in [0.29, 0.717) is 12.8 Å². The summed E-state index contributed by atoms with van der Waals surface area (Å²) in [6, 6.07) is 2.43. The Balaban J connectivity index is 3.32. The summed E-state index contributed by atoms with van der Waals surface area (Å²) in [4.78, 5) is 12.0. The predicted molar refractivity (Wildman–Crippen MR) is 86.0 cm³/mol. The molecule has 0 saturated carbocycles. The topological polar surface area (TPSA) is 63.2 Å². The first-order chi connectivity index (χ1) is 9.54. The summed E-state index contributed by atoms with van der Waals surface area (Å²) in [6.07, 6.45) is 1.43. The third-order valence-electron chi connectivity index (χ3n) is 3.49. The number of nitrogens with one attached hydrogen (secondary N) is 1. The lowest BCUT2D eigenvalue weighted by Gasteiger charge is -2.28. The third kappa shape index (κ3) is 4.49. The first kappa shape index (κ1) is 18.6. The number of amides is 1. The molecule has 4 nitrogen and oxygen atoms in total. The molecule has 0 aromatic heterocycles. The fraction of sp³-hybridized carbons (Fsp3) is 0.462. The predicted octanol–water partition coefficient (Wildman–Crippen LogP) is 4.23. The van der Waals surface area contributed by atoms with Crippen molar-refractivity contribution in [3.63, 3.8) is 0 Å². The standard InChI is InChI=1S/C13H16Cl3NO3S/c1-4-13(3,5-2)17-12(18)9-6-8(14)7-10(11(9)15)21(16,19)20/h6-7H,4-5H2,1-3H3,(H,17,18). The highest BCUT2D eigenvalue weighted by Gasteiger charge is 2.27. The molecule has 0 aliphatic heterocycles. The van der Waals surface area contributed by atoms with Crippen LogP contribution in [0, 0.1) is 0 Å². The number of halogens is 3. The molecule has 0 aliphatic rings. The summed E-state index contributed by atoms with van der Waals surface area (Å²) in [6.45, 7) is 5.78. The highest BCUT2D eigenvalue weighted by atomic mass is 35.7. The minimum absolute atomic E-state index is 0.0171. The fourth-order valence-electron chi connectivity index (χ4n) is 1.68. The van der Waals surface area contributed by atoms with Gasteiger partial charge in [0.2, 0.25) is 0 Å². The average molecular weight is 373 g/mol. The molecule has 0 radical (unpaired) electrons. The lowest BCUT2D eigenvalue weighted by atomic mass is 9.95. The van der Waals surface area contributed by atoms with Crippen molar-refractivity contribution in [2.45, 2.75) is 44.0 Å². The monoisotopic (exact) mass is 371 g/mol. The molecule has 118 valence electrons. The Bertz CT molecular complexity index is 655. The highest BCUT2D eigenvalue weighted by Crippen LogP contribution is 2.32. The van der Waals surface area contributed by atoms with Crippen LogP contribution in [0.3, 0.4) is 0 Å². The van der Waals surface area contributed by atoms with Crippen molar-refractivity contribution in [1.29, 1.82) is 0 Å². The Labute approximate surface area is 139 Å². The van der Waals surface area contributed by atoms with Gasteiger partial charge in [-0.1, -0.05) is 37.0 Å². The largest absolute Gasteiger partial charge is 0.347 e. The zero-order valence-corrected chi connectivity index (χ0v) is 14.9. The van der Waals surface area contributed by atoms with Gasteiger partial charge in [0.1, 0.15) is 4.90 Å². The Morgan fingerprint density at radius 2 is 1.76 bits per heavy atom. The van der Waals surface area contributed by atoms with Crippen LogP contribution in [-0.2, 0) is 9.05 Å². The molecule has 0 spiro atoms. The van der Waals surface area contributed by atoms with Gasteiger partial charge in [-0.2, -0.15) is 0 Å². The number of benzene rings is 1. The van der Waals surface area contributed by atoms with Crippen LogP contribution in [0.1, 0.15) is 44.0 Å². The number of carbonyl (C=O) groups is 1. The average Bonchev–Trinajstić information content (AvgIpc) is 2.39. The maximum atomic E-state index is 12.3. The minimum atomic E-state index is -4.09. The summed E-state index contributed by atoms with van der Waals surface area (Å²) < 4.78 is 22.9. The van der Waals surface area contributed by atoms with Crippen LogP contribution in [-0.4, -0.2) is 19.9 Å². The normalized spacial score (nSPS) is 12.3. The van der Waals surface area contributed by atoms with E-state index < -0.39 is 20.5 Å². The van der Waals surface area contributed by atoms with Crippen molar-refractivity contribution >= 4 is 48.8 Å². The van der Waals surface area contributed by atoms with Gasteiger partial charge in [0.15, 0.2) is 0 Å². The van der Waals surface area contributed by atoms with E-state index >= 15 is 0 Å². The van der Waals surface area contributed by atoms with E-state index in [2.05, 4.69) is 5.32 Å². The second-order valence-corrected chi connectivity index (χ2v) is 8.27. The number of hydrogen-bond acceptors (Lipinski definition) is 3. The molecule has 0 atom stereocenters. The van der Waals surface area contributed by atoms with E-state index in [1.165, 1.54) is 6.07 Å². The van der Waals surface area contributed by atoms with E-state index in [1.54, 1.807) is 0 Å². The summed E-state index contributed by atoms with van der Waals surface area (Å²) in [5, 5.41) is 2.67. The van der Waals surface area contributed by atoms with E-state index in [9.17, 15) is 13.2 Å². The van der Waals surface area contributed by atoms with Crippen molar-refractivity contribution in [2.75, 3.05) is 0 Å². The molecule has 0 aliphatic carbocycles. The summed E-state index contributed by atoms with van der Waals surface area (Å²) in [5.41, 5.74) is -0.431. The van der Waals surface area contributed by atoms with Gasteiger partial charge < -0.3 is 5.32 Å². The van der Waals surface area contributed by atoms with Gasteiger partial charge in [-0.05, 0) is 31.9 Å². The van der Waals surface area contributed by atoms with E-state index in [0.717, 1.165) is 6.07 Å². The van der Waals surface area contributed by atoms with Gasteiger partial charge in [0, 0.05) is 21.2 Å². The quantitative estimate of drug-likeness (QED) is 0.787. The van der Waals surface area contributed by atoms with Gasteiger partial charge in [-0.3, -0.25) is 4.79 Å². The SMILES string of the molecule is CCC(C)(CC)NC(=O)c1cc(Cl)cc(S(=O)(=O)Cl)c1Cl. The van der Waals surface area contributed by atoms with Gasteiger partial charge >= 0.3 is 0 Å². The van der Waals surface area contributed by atoms with Gasteiger partial charge in [0.25, 0.3) is 15.0 Å². The number of hydrogen-bond donors (Lipinski definition) is 1. The zero-order valence-electron chi connectivity index (χ0n) is 11.8. The van der Waals surface area contributed by atoms with Crippen LogP contribution in [0.2, 0.25) is 10.0 Å². The molecule has 21 heavy (non-hydrogen) atoms. The molecule has 1 amide bonds. The van der Waals surface area contributed by atoms with Crippen LogP contribution in [0.15, 0.2) is 17.0 Å². The van der Waals surface area contributed by atoms with Gasteiger partial charge in [0.05, 0.1) is 10.6 Å². The molecule has 1 rings (SSSR count). The molecular formula is C13H16Cl3NO3S. The van der Waals surface area contributed by atoms with Crippen molar-refractivity contribution in [3.05, 3.63) is 27.7 Å². The molecule has 8 heteroatoms. The lowest BCUT2D eigenvalue weighted by molar-refractivity contribution is 0.0901. The smallest absolute Gasteiger partial charge is 0.262 e. The summed E-state index contributed by atoms with van der Waals surface area (Å²) in [7, 11) is 1.21. The fourth-order valence-corrected chi connectivity index (χ4v) is 3.53. The molecule has 0 saturated heterocycles. The molecule has 0 heterocycles. The van der Waals surface area contributed by atoms with Crippen LogP contribution >= 0.6 is 33.9 Å². The van der Waals surface area contributed by atoms with Crippen molar-refractivity contribution in [2.24, 2.45) is 0 Å². The number of carbonyl (C=O) groups excluding carboxylic acids is 1. The third-order valence-corrected chi connectivity index (χ3v) is 5.57. The maximum absolute atomic E-state index is 12.3. The highest BCUT2D eigenvalue weighted by molar-refractivity contribution is 8.13. The number of rotatable bonds is 5. The van der Waals surface area contributed by atoms with E-state index in [-0.39, 0.29) is 20.5 Å². The van der Waals surface area contributed by atoms with Crippen LogP contribution < -0.4 is 5.32 Å². The molecule has 0 bridgehead atoms. The van der Waals surface area contributed by atoms with E-state index in [1.807, 2.05) is 20.8 Å². The second kappa shape index (κ2) is 6.73. The first-order valence-electron chi connectivity index (χ1n) is 6.30. The summed E-state index contributed by atoms with van der Waals surface area (Å²) in [5.74, 6) is -0.490. The first-order valence-corrected chi connectivity index (χ1v) is 9.37. The Kier molecular flexibility index (Phi) is 5.95. The molecule has 1 aromatic carbocycles. The second-order valence-electron chi connectivity index (χ2n) is 4.93. The van der Waals surface area contributed by atoms with Gasteiger partial charge in [-0.25, -0.2) is 8.42 Å². The molecule has 1 aromatic rings. The van der Waals surface area contributed by atoms with Crippen molar-refractivity contribution in [3.8, 4) is 0 Å². The Morgan fingerprint density at radius 1 is 1.24 bits per heavy atom. The lowest BCUT2D eigenvalue weighted by Crippen LogP contribution is -2.45. The van der Waals surface area contributed by atoms with Crippen LogP contribution in [0.5, 0.6) is 0 Å². The molecule has 0 unspecified atom stereocenters. The molecule has 0 fully saturated rings. The van der Waals surface area contributed by atoms with Crippen LogP contribution in [0.25, 0.3) is 0 Å². The Hall–Kier alpha value is -0.490. The Morgan fingerprint density at radius 3 is 2.19 bits per heavy atom. The summed E-state index contributed by atoms with van der Waals surface area (Å²) >= 11 is 11.8.